The summed E-state index contributed by atoms with van der Waals surface area (Å²) in [5.41, 5.74) is 24.1. The van der Waals surface area contributed by atoms with E-state index in [1.54, 1.807) is 0 Å². The van der Waals surface area contributed by atoms with E-state index in [4.69, 9.17) is 4.42 Å². The minimum Gasteiger partial charge on any atom is -0.440 e. The fourth-order valence-corrected chi connectivity index (χ4v) is 14.7. The molecule has 386 valence electrons. The molecule has 2 unspecified atom stereocenters. The van der Waals surface area contributed by atoms with Gasteiger partial charge in [0.05, 0.1) is 5.69 Å². The zero-order valence-corrected chi connectivity index (χ0v) is 48.1. The first-order valence-electron chi connectivity index (χ1n) is 28.5. The number of fused-ring (bicyclic) bond motifs is 12. The van der Waals surface area contributed by atoms with Gasteiger partial charge in [-0.05, 0) is 199 Å². The SMILES string of the molecule is CC(C)(C)c1cc(N2c3ccc(C(C)(C)C)cc3B3c4c2cc(N(c2ccccc2)c2ccccc2)cc4N(c2ccc4c(c2)C(C)(C)CCC4(C)C)c2oc4cc5c(cc4c23)C2(C)CCC5(C)C2)cc(C(C)(C)C)c1. The second-order valence-corrected chi connectivity index (χ2v) is 28.8. The number of nitrogens with zero attached hydrogens (tertiary/aromatic N) is 3. The summed E-state index contributed by atoms with van der Waals surface area (Å²) < 4.78 is 7.76. The lowest BCUT2D eigenvalue weighted by atomic mass is 9.33. The van der Waals surface area contributed by atoms with Crippen LogP contribution in [0.1, 0.15) is 175 Å². The summed E-state index contributed by atoms with van der Waals surface area (Å²) in [5.74, 6) is 0.936. The number of hydrogen-bond donors (Lipinski definition) is 0. The van der Waals surface area contributed by atoms with Crippen molar-refractivity contribution in [2.75, 3.05) is 14.7 Å². The fourth-order valence-electron chi connectivity index (χ4n) is 14.7. The lowest BCUT2D eigenvalue weighted by Crippen LogP contribution is -2.61. The summed E-state index contributed by atoms with van der Waals surface area (Å²) in [4.78, 5) is 7.68. The fraction of sp³-hybridized carbons (Fsp3) is 0.380. The van der Waals surface area contributed by atoms with Crippen LogP contribution in [0.25, 0.3) is 11.0 Å². The van der Waals surface area contributed by atoms with Gasteiger partial charge < -0.3 is 14.2 Å². The molecule has 1 saturated carbocycles. The summed E-state index contributed by atoms with van der Waals surface area (Å²) in [6.07, 6.45) is 5.95. The molecule has 2 atom stereocenters. The largest absolute Gasteiger partial charge is 0.440 e. The maximum atomic E-state index is 7.76. The highest BCUT2D eigenvalue weighted by Crippen LogP contribution is 2.62. The van der Waals surface area contributed by atoms with Crippen LogP contribution in [-0.4, -0.2) is 6.71 Å². The van der Waals surface area contributed by atoms with Crippen molar-refractivity contribution in [2.45, 2.75) is 174 Å². The molecule has 13 rings (SSSR count). The molecule has 3 aliphatic carbocycles. The van der Waals surface area contributed by atoms with Crippen molar-refractivity contribution in [1.29, 1.82) is 0 Å². The van der Waals surface area contributed by atoms with Crippen molar-refractivity contribution >= 4 is 85.5 Å². The average Bonchev–Trinajstić information content (AvgIpc) is 4.17. The summed E-state index contributed by atoms with van der Waals surface area (Å²) in [5, 5.41) is 1.25. The quantitative estimate of drug-likeness (QED) is 0.160. The van der Waals surface area contributed by atoms with Crippen LogP contribution in [0.2, 0.25) is 0 Å². The lowest BCUT2D eigenvalue weighted by molar-refractivity contribution is 0.332. The number of rotatable bonds is 5. The Hall–Kier alpha value is -6.46. The third kappa shape index (κ3) is 7.36. The van der Waals surface area contributed by atoms with E-state index in [2.05, 4.69) is 258 Å². The minimum atomic E-state index is -0.122. The third-order valence-electron chi connectivity index (χ3n) is 19.3. The van der Waals surface area contributed by atoms with Gasteiger partial charge in [0.15, 0.2) is 0 Å². The Morgan fingerprint density at radius 2 is 1.00 bits per heavy atom. The maximum Gasteiger partial charge on any atom is 0.257 e. The van der Waals surface area contributed by atoms with Crippen LogP contribution in [0.15, 0.2) is 144 Å². The van der Waals surface area contributed by atoms with Gasteiger partial charge >= 0.3 is 0 Å². The van der Waals surface area contributed by atoms with Crippen LogP contribution in [-0.2, 0) is 37.9 Å². The van der Waals surface area contributed by atoms with E-state index >= 15 is 0 Å². The molecule has 0 N–H and O–H groups in total. The van der Waals surface area contributed by atoms with Crippen molar-refractivity contribution in [1.82, 2.24) is 0 Å². The predicted molar refractivity (Wildman–Crippen MR) is 325 cm³/mol. The van der Waals surface area contributed by atoms with Gasteiger partial charge in [-0.1, -0.05) is 165 Å². The standard InChI is InChI=1S/C71H78BN3O/c1-65(2,3)44-26-29-58-57(37-44)72-62-52-41-55-56(71(15)33-32-70(55,14)43-71)42-61(52)76-64(62)75(49-27-28-53-54(38-49)69(12,13)31-30-68(53,10)11)60-40-51(73(47-22-18-16-19-23-47)48-24-20-17-21-25-48)39-59(63(60)72)74(58)50-35-45(66(4,5)6)34-46(36-50)67(7,8)9/h16-29,34-42H,30-33,43H2,1-15H3. The van der Waals surface area contributed by atoms with Crippen molar-refractivity contribution in [3.8, 4) is 0 Å². The van der Waals surface area contributed by atoms with E-state index in [-0.39, 0.29) is 44.6 Å². The molecule has 1 fully saturated rings. The number of para-hydroxylation sites is 2. The molecule has 7 aromatic carbocycles. The van der Waals surface area contributed by atoms with E-state index in [1.165, 1.54) is 97.0 Å². The highest BCUT2D eigenvalue weighted by Gasteiger charge is 2.54. The summed E-state index contributed by atoms with van der Waals surface area (Å²) >= 11 is 0. The number of benzene rings is 7. The van der Waals surface area contributed by atoms with Crippen LogP contribution < -0.4 is 31.1 Å². The van der Waals surface area contributed by atoms with E-state index < -0.39 is 0 Å². The molecule has 0 radical (unpaired) electrons. The zero-order chi connectivity index (χ0) is 53.4. The molecule has 8 aromatic rings. The van der Waals surface area contributed by atoms with Crippen LogP contribution in [0.5, 0.6) is 0 Å². The van der Waals surface area contributed by atoms with Crippen molar-refractivity contribution in [3.63, 3.8) is 0 Å². The molecule has 4 nitrogen and oxygen atoms in total. The average molecular weight is 1000 g/mol. The van der Waals surface area contributed by atoms with Crippen molar-refractivity contribution in [2.24, 2.45) is 0 Å². The molecule has 5 heteroatoms. The zero-order valence-electron chi connectivity index (χ0n) is 48.1. The molecule has 2 aliphatic heterocycles. The Labute approximate surface area is 454 Å². The normalized spacial score (nSPS) is 20.8. The Balaban J connectivity index is 1.21. The Morgan fingerprint density at radius 3 is 1.58 bits per heavy atom. The lowest BCUT2D eigenvalue weighted by Gasteiger charge is -2.45. The van der Waals surface area contributed by atoms with Gasteiger partial charge in [-0.2, -0.15) is 0 Å². The van der Waals surface area contributed by atoms with E-state index in [0.29, 0.717) is 0 Å². The molecule has 5 aliphatic rings. The van der Waals surface area contributed by atoms with Gasteiger partial charge in [0.1, 0.15) is 5.58 Å². The summed E-state index contributed by atoms with van der Waals surface area (Å²) in [7, 11) is 0. The molecule has 76 heavy (non-hydrogen) atoms. The van der Waals surface area contributed by atoms with E-state index in [9.17, 15) is 0 Å². The van der Waals surface area contributed by atoms with Gasteiger partial charge in [0.2, 0.25) is 5.88 Å². The monoisotopic (exact) mass is 1000 g/mol. The first kappa shape index (κ1) is 49.1. The first-order chi connectivity index (χ1) is 35.7. The number of furan rings is 1. The molecule has 3 heterocycles. The van der Waals surface area contributed by atoms with Gasteiger partial charge in [-0.15, -0.1) is 0 Å². The highest BCUT2D eigenvalue weighted by molar-refractivity contribution is 7.01. The van der Waals surface area contributed by atoms with Gasteiger partial charge in [0, 0.05) is 50.7 Å². The molecule has 2 bridgehead atoms. The van der Waals surface area contributed by atoms with Crippen LogP contribution in [0.4, 0.5) is 51.4 Å². The first-order valence-corrected chi connectivity index (χ1v) is 28.5. The van der Waals surface area contributed by atoms with Gasteiger partial charge in [-0.25, -0.2) is 0 Å². The number of anilines is 9. The maximum absolute atomic E-state index is 7.76. The van der Waals surface area contributed by atoms with Crippen LogP contribution in [0, 0.1) is 0 Å². The molecule has 0 amide bonds. The molecular formula is C71H78BN3O. The Morgan fingerprint density at radius 1 is 0.447 bits per heavy atom. The predicted octanol–water partition coefficient (Wildman–Crippen LogP) is 17.9. The van der Waals surface area contributed by atoms with Gasteiger partial charge in [-0.3, -0.25) is 4.90 Å². The van der Waals surface area contributed by atoms with E-state index in [1.807, 2.05) is 0 Å². The Bertz CT molecular complexity index is 3620. The molecule has 0 spiro atoms. The molecular weight excluding hydrogens is 922 g/mol. The molecule has 0 saturated heterocycles. The van der Waals surface area contributed by atoms with Crippen molar-refractivity contribution < 1.29 is 4.42 Å². The molecule has 1 aromatic heterocycles. The second-order valence-electron chi connectivity index (χ2n) is 28.8. The minimum absolute atomic E-state index is 0.00147. The third-order valence-corrected chi connectivity index (χ3v) is 19.3. The van der Waals surface area contributed by atoms with Crippen LogP contribution in [0.3, 0.4) is 0 Å². The van der Waals surface area contributed by atoms with Crippen LogP contribution >= 0.6 is 0 Å². The second kappa shape index (κ2) is 16.1. The van der Waals surface area contributed by atoms with Crippen molar-refractivity contribution in [3.05, 3.63) is 178 Å². The highest BCUT2D eigenvalue weighted by atomic mass is 16.4. The smallest absolute Gasteiger partial charge is 0.257 e. The topological polar surface area (TPSA) is 22.9 Å². The Kier molecular flexibility index (Phi) is 10.4. The summed E-state index contributed by atoms with van der Waals surface area (Å²) in [6, 6.07) is 54.4. The van der Waals surface area contributed by atoms with Gasteiger partial charge in [0.25, 0.3) is 6.71 Å². The van der Waals surface area contributed by atoms with E-state index in [0.717, 1.165) is 52.7 Å². The number of hydrogen-bond acceptors (Lipinski definition) is 4. The summed E-state index contributed by atoms with van der Waals surface area (Å²) in [6.45, 7) is 36.0.